The lowest BCUT2D eigenvalue weighted by Gasteiger charge is -2.17. The summed E-state index contributed by atoms with van der Waals surface area (Å²) in [6.45, 7) is 5.41. The molecule has 0 aliphatic heterocycles. The zero-order valence-electron chi connectivity index (χ0n) is 13.6. The van der Waals surface area contributed by atoms with E-state index < -0.39 is 0 Å². The maximum Gasteiger partial charge on any atom is 0.138 e. The van der Waals surface area contributed by atoms with Gasteiger partial charge in [0.1, 0.15) is 11.6 Å². The van der Waals surface area contributed by atoms with E-state index in [-0.39, 0.29) is 6.10 Å². The van der Waals surface area contributed by atoms with E-state index in [9.17, 15) is 0 Å². The fourth-order valence-corrected chi connectivity index (χ4v) is 3.92. The first kappa shape index (κ1) is 17.5. The monoisotopic (exact) mass is 451 g/mol. The Morgan fingerprint density at radius 2 is 1.96 bits per heavy atom. The molecule has 0 amide bonds. The fourth-order valence-electron chi connectivity index (χ4n) is 2.52. The molecule has 2 aromatic carbocycles. The Bertz CT molecular complexity index is 812. The van der Waals surface area contributed by atoms with E-state index in [1.54, 1.807) is 0 Å². The van der Waals surface area contributed by atoms with Gasteiger partial charge in [0.15, 0.2) is 0 Å². The number of rotatable bonds is 6. The number of nitrogens with one attached hydrogen (secondary N) is 2. The highest BCUT2D eigenvalue weighted by Crippen LogP contribution is 2.33. The highest BCUT2D eigenvalue weighted by Gasteiger charge is 2.12. The van der Waals surface area contributed by atoms with Crippen LogP contribution in [0.15, 0.2) is 45.3 Å². The van der Waals surface area contributed by atoms with Crippen LogP contribution < -0.4 is 10.1 Å². The average Bonchev–Trinajstić information content (AvgIpc) is 2.93. The van der Waals surface area contributed by atoms with Crippen molar-refractivity contribution >= 4 is 42.9 Å². The van der Waals surface area contributed by atoms with Gasteiger partial charge in [-0.05, 0) is 54.0 Å². The van der Waals surface area contributed by atoms with Crippen molar-refractivity contribution in [3.63, 3.8) is 0 Å². The largest absolute Gasteiger partial charge is 0.489 e. The number of benzene rings is 2. The highest BCUT2D eigenvalue weighted by molar-refractivity contribution is 9.11. The number of imidazole rings is 1. The second-order valence-corrected chi connectivity index (χ2v) is 7.62. The third-order valence-electron chi connectivity index (χ3n) is 3.49. The Morgan fingerprint density at radius 3 is 2.71 bits per heavy atom. The van der Waals surface area contributed by atoms with Crippen LogP contribution in [0.5, 0.6) is 5.75 Å². The number of hydrogen-bond acceptors (Lipinski definition) is 3. The number of ether oxygens (including phenoxy) is 1. The van der Waals surface area contributed by atoms with Crippen LogP contribution in [0.2, 0.25) is 0 Å². The van der Waals surface area contributed by atoms with Crippen LogP contribution in [0.1, 0.15) is 25.2 Å². The van der Waals surface area contributed by atoms with Gasteiger partial charge < -0.3 is 15.0 Å². The summed E-state index contributed by atoms with van der Waals surface area (Å²) in [5.74, 6) is 1.81. The Labute approximate surface area is 158 Å². The summed E-state index contributed by atoms with van der Waals surface area (Å²) in [7, 11) is 0. The van der Waals surface area contributed by atoms with Crippen molar-refractivity contribution in [2.75, 3.05) is 0 Å². The Kier molecular flexibility index (Phi) is 5.58. The quantitative estimate of drug-likeness (QED) is 0.542. The summed E-state index contributed by atoms with van der Waals surface area (Å²) in [4.78, 5) is 7.91. The Hall–Kier alpha value is -1.37. The first-order valence-electron chi connectivity index (χ1n) is 7.82. The predicted octanol–water partition coefficient (Wildman–Crippen LogP) is 5.16. The smallest absolute Gasteiger partial charge is 0.138 e. The number of aromatic nitrogens is 2. The molecule has 0 atom stereocenters. The SMILES string of the molecule is CC(C)Oc1c(Br)cc(Br)cc1CNCc1nc2ccccc2[nH]1. The molecule has 3 rings (SSSR count). The molecule has 2 N–H and O–H groups in total. The molecule has 0 spiro atoms. The van der Waals surface area contributed by atoms with E-state index in [1.807, 2.05) is 44.2 Å². The molecule has 4 nitrogen and oxygen atoms in total. The minimum atomic E-state index is 0.122. The molecule has 0 aliphatic carbocycles. The van der Waals surface area contributed by atoms with E-state index >= 15 is 0 Å². The van der Waals surface area contributed by atoms with Gasteiger partial charge in [-0.2, -0.15) is 0 Å². The van der Waals surface area contributed by atoms with Crippen molar-refractivity contribution in [2.24, 2.45) is 0 Å². The summed E-state index contributed by atoms with van der Waals surface area (Å²) in [6.07, 6.45) is 0.122. The molecule has 0 fully saturated rings. The van der Waals surface area contributed by atoms with Crippen LogP contribution in [-0.4, -0.2) is 16.1 Å². The molecule has 3 aromatic rings. The van der Waals surface area contributed by atoms with Gasteiger partial charge in [0, 0.05) is 16.6 Å². The summed E-state index contributed by atoms with van der Waals surface area (Å²) in [5.41, 5.74) is 3.15. The third-order valence-corrected chi connectivity index (χ3v) is 4.53. The molecule has 0 bridgehead atoms. The molecular formula is C18H19Br2N3O. The normalized spacial score (nSPS) is 11.4. The minimum Gasteiger partial charge on any atom is -0.489 e. The molecule has 24 heavy (non-hydrogen) atoms. The number of halogens is 2. The molecule has 0 saturated carbocycles. The van der Waals surface area contributed by atoms with Crippen LogP contribution in [0.4, 0.5) is 0 Å². The van der Waals surface area contributed by atoms with Gasteiger partial charge in [-0.25, -0.2) is 4.98 Å². The maximum atomic E-state index is 5.95. The van der Waals surface area contributed by atoms with E-state index in [0.717, 1.165) is 37.1 Å². The Morgan fingerprint density at radius 1 is 1.17 bits per heavy atom. The van der Waals surface area contributed by atoms with Crippen molar-refractivity contribution in [1.29, 1.82) is 0 Å². The first-order valence-corrected chi connectivity index (χ1v) is 9.40. The van der Waals surface area contributed by atoms with Gasteiger partial charge >= 0.3 is 0 Å². The number of fused-ring (bicyclic) bond motifs is 1. The van der Waals surface area contributed by atoms with Crippen molar-refractivity contribution in [3.8, 4) is 5.75 Å². The standard InChI is InChI=1S/C18H19Br2N3O/c1-11(2)24-18-12(7-13(19)8-14(18)20)9-21-10-17-22-15-5-3-4-6-16(15)23-17/h3-8,11,21H,9-10H2,1-2H3,(H,22,23). The van der Waals surface area contributed by atoms with Gasteiger partial charge in [-0.15, -0.1) is 0 Å². The minimum absolute atomic E-state index is 0.122. The number of aromatic amines is 1. The van der Waals surface area contributed by atoms with Gasteiger partial charge in [-0.3, -0.25) is 0 Å². The fraction of sp³-hybridized carbons (Fsp3) is 0.278. The van der Waals surface area contributed by atoms with E-state index in [1.165, 1.54) is 0 Å². The predicted molar refractivity (Wildman–Crippen MR) is 104 cm³/mol. The molecule has 6 heteroatoms. The molecular weight excluding hydrogens is 434 g/mol. The molecule has 0 radical (unpaired) electrons. The second-order valence-electron chi connectivity index (χ2n) is 5.85. The maximum absolute atomic E-state index is 5.95. The molecule has 1 aromatic heterocycles. The second kappa shape index (κ2) is 7.68. The van der Waals surface area contributed by atoms with Crippen molar-refractivity contribution < 1.29 is 4.74 Å². The number of H-pyrrole nitrogens is 1. The summed E-state index contributed by atoms with van der Waals surface area (Å²) < 4.78 is 7.92. The zero-order valence-corrected chi connectivity index (χ0v) is 16.7. The summed E-state index contributed by atoms with van der Waals surface area (Å²) >= 11 is 7.13. The van der Waals surface area contributed by atoms with Gasteiger partial charge in [0.2, 0.25) is 0 Å². The van der Waals surface area contributed by atoms with Crippen LogP contribution in [0.25, 0.3) is 11.0 Å². The van der Waals surface area contributed by atoms with E-state index in [2.05, 4.69) is 53.2 Å². The lowest BCUT2D eigenvalue weighted by atomic mass is 10.2. The third kappa shape index (κ3) is 4.18. The zero-order chi connectivity index (χ0) is 17.1. The number of nitrogens with zero attached hydrogens (tertiary/aromatic N) is 1. The topological polar surface area (TPSA) is 49.9 Å². The Balaban J connectivity index is 1.71. The van der Waals surface area contributed by atoms with Crippen LogP contribution in [-0.2, 0) is 13.1 Å². The van der Waals surface area contributed by atoms with Crippen LogP contribution >= 0.6 is 31.9 Å². The van der Waals surface area contributed by atoms with Crippen molar-refractivity contribution in [2.45, 2.75) is 33.0 Å². The average molecular weight is 453 g/mol. The van der Waals surface area contributed by atoms with Gasteiger partial charge in [0.25, 0.3) is 0 Å². The van der Waals surface area contributed by atoms with Gasteiger partial charge in [-0.1, -0.05) is 28.1 Å². The summed E-state index contributed by atoms with van der Waals surface area (Å²) in [6, 6.07) is 12.1. The van der Waals surface area contributed by atoms with Gasteiger partial charge in [0.05, 0.1) is 28.2 Å². The first-order chi connectivity index (χ1) is 11.5. The van der Waals surface area contributed by atoms with E-state index in [0.29, 0.717) is 13.1 Å². The van der Waals surface area contributed by atoms with E-state index in [4.69, 9.17) is 4.74 Å². The molecule has 1 heterocycles. The summed E-state index contributed by atoms with van der Waals surface area (Å²) in [5, 5.41) is 3.43. The molecule has 0 saturated heterocycles. The molecule has 126 valence electrons. The highest BCUT2D eigenvalue weighted by atomic mass is 79.9. The van der Waals surface area contributed by atoms with Crippen molar-refractivity contribution in [1.82, 2.24) is 15.3 Å². The van der Waals surface area contributed by atoms with Crippen molar-refractivity contribution in [3.05, 3.63) is 56.7 Å². The lowest BCUT2D eigenvalue weighted by Crippen LogP contribution is -2.16. The van der Waals surface area contributed by atoms with Crippen LogP contribution in [0.3, 0.4) is 0 Å². The molecule has 0 aliphatic rings. The lowest BCUT2D eigenvalue weighted by molar-refractivity contribution is 0.238. The van der Waals surface area contributed by atoms with Crippen LogP contribution in [0, 0.1) is 0 Å². The molecule has 0 unspecified atom stereocenters. The number of para-hydroxylation sites is 2. The number of hydrogen-bond donors (Lipinski definition) is 2.